The Morgan fingerprint density at radius 1 is 1.08 bits per heavy atom. The van der Waals surface area contributed by atoms with Crippen LogP contribution in [0.15, 0.2) is 42.5 Å². The normalized spacial score (nSPS) is 15.5. The van der Waals surface area contributed by atoms with Crippen molar-refractivity contribution < 1.29 is 9.59 Å². The van der Waals surface area contributed by atoms with Crippen molar-refractivity contribution >= 4 is 34.2 Å². The van der Waals surface area contributed by atoms with Crippen LogP contribution in [0.2, 0.25) is 0 Å². The Labute approximate surface area is 146 Å². The van der Waals surface area contributed by atoms with E-state index in [0.29, 0.717) is 31.0 Å². The number of hydrogen-bond donors (Lipinski definition) is 1. The van der Waals surface area contributed by atoms with Gasteiger partial charge in [0.05, 0.1) is 0 Å². The van der Waals surface area contributed by atoms with Crippen LogP contribution in [0.25, 0.3) is 10.8 Å². The van der Waals surface area contributed by atoms with Gasteiger partial charge in [-0.3, -0.25) is 9.59 Å². The Kier molecular flexibility index (Phi) is 5.36. The zero-order valence-electron chi connectivity index (χ0n) is 13.5. The highest BCUT2D eigenvalue weighted by molar-refractivity contribution is 6.18. The molecule has 0 spiro atoms. The number of nitrogens with one attached hydrogen (secondary N) is 1. The van der Waals surface area contributed by atoms with Crippen molar-refractivity contribution in [2.45, 2.75) is 25.3 Å². The first-order valence-corrected chi connectivity index (χ1v) is 8.85. The molecule has 2 aromatic carbocycles. The lowest BCUT2D eigenvalue weighted by atomic mass is 10.0. The van der Waals surface area contributed by atoms with Crippen LogP contribution in [-0.2, 0) is 4.79 Å². The molecule has 1 fully saturated rings. The van der Waals surface area contributed by atoms with E-state index in [9.17, 15) is 9.59 Å². The van der Waals surface area contributed by atoms with Gasteiger partial charge in [-0.15, -0.1) is 11.6 Å². The van der Waals surface area contributed by atoms with Gasteiger partial charge < -0.3 is 10.2 Å². The number of amides is 2. The number of hydrogen-bond acceptors (Lipinski definition) is 2. The second-order valence-electron chi connectivity index (χ2n) is 6.09. The van der Waals surface area contributed by atoms with Crippen LogP contribution in [0.3, 0.4) is 0 Å². The number of halogens is 1. The maximum absolute atomic E-state index is 12.6. The molecule has 2 amide bonds. The van der Waals surface area contributed by atoms with E-state index in [1.54, 1.807) is 0 Å². The minimum Gasteiger partial charge on any atom is -0.349 e. The number of rotatable bonds is 4. The lowest BCUT2D eigenvalue weighted by Crippen LogP contribution is -2.46. The number of fused-ring (bicyclic) bond motifs is 1. The first-order valence-electron chi connectivity index (χ1n) is 8.31. The number of carbonyl (C=O) groups is 2. The molecule has 0 aliphatic carbocycles. The molecule has 0 atom stereocenters. The Hall–Kier alpha value is -2.07. The third-order valence-corrected chi connectivity index (χ3v) is 4.71. The Morgan fingerprint density at radius 2 is 1.79 bits per heavy atom. The van der Waals surface area contributed by atoms with E-state index in [1.165, 1.54) is 0 Å². The molecule has 1 aliphatic heterocycles. The first kappa shape index (κ1) is 16.8. The maximum Gasteiger partial charge on any atom is 0.252 e. The second-order valence-corrected chi connectivity index (χ2v) is 6.47. The standard InChI is InChI=1S/C19H21ClN2O2/c20-11-8-18(23)22-12-9-15(10-13-22)21-19(24)17-7-3-5-14-4-1-2-6-16(14)17/h1-7,15H,8-13H2,(H,21,24). The molecule has 0 bridgehead atoms. The van der Waals surface area contributed by atoms with Crippen molar-refractivity contribution in [3.8, 4) is 0 Å². The Bertz CT molecular complexity index is 734. The summed E-state index contributed by atoms with van der Waals surface area (Å²) < 4.78 is 0. The third kappa shape index (κ3) is 3.70. The Balaban J connectivity index is 1.63. The van der Waals surface area contributed by atoms with Gasteiger partial charge >= 0.3 is 0 Å². The smallest absolute Gasteiger partial charge is 0.252 e. The molecule has 5 heteroatoms. The monoisotopic (exact) mass is 344 g/mol. The van der Waals surface area contributed by atoms with Gasteiger partial charge in [-0.1, -0.05) is 36.4 Å². The van der Waals surface area contributed by atoms with Crippen LogP contribution < -0.4 is 5.32 Å². The molecule has 126 valence electrons. The van der Waals surface area contributed by atoms with Crippen molar-refractivity contribution in [1.82, 2.24) is 10.2 Å². The number of nitrogens with zero attached hydrogens (tertiary/aromatic N) is 1. The van der Waals surface area contributed by atoms with E-state index in [-0.39, 0.29) is 17.9 Å². The molecule has 2 aromatic rings. The lowest BCUT2D eigenvalue weighted by Gasteiger charge is -2.32. The summed E-state index contributed by atoms with van der Waals surface area (Å²) in [6.45, 7) is 1.35. The van der Waals surface area contributed by atoms with Crippen molar-refractivity contribution in [2.24, 2.45) is 0 Å². The quantitative estimate of drug-likeness (QED) is 0.866. The molecule has 4 nitrogen and oxygen atoms in total. The molecule has 0 saturated carbocycles. The topological polar surface area (TPSA) is 49.4 Å². The first-order chi connectivity index (χ1) is 11.7. The van der Waals surface area contributed by atoms with Crippen molar-refractivity contribution in [3.05, 3.63) is 48.0 Å². The number of benzene rings is 2. The zero-order chi connectivity index (χ0) is 16.9. The SMILES string of the molecule is O=C(NC1CCN(C(=O)CCCl)CC1)c1cccc2ccccc12. The van der Waals surface area contributed by atoms with Crippen LogP contribution in [0.1, 0.15) is 29.6 Å². The fraction of sp³-hybridized carbons (Fsp3) is 0.368. The number of likely N-dealkylation sites (tertiary alicyclic amines) is 1. The van der Waals surface area contributed by atoms with E-state index in [2.05, 4.69) is 5.32 Å². The van der Waals surface area contributed by atoms with Gasteiger partial charge in [0.15, 0.2) is 0 Å². The average molecular weight is 345 g/mol. The van der Waals surface area contributed by atoms with E-state index in [4.69, 9.17) is 11.6 Å². The summed E-state index contributed by atoms with van der Waals surface area (Å²) in [7, 11) is 0. The van der Waals surface area contributed by atoms with Crippen LogP contribution in [-0.4, -0.2) is 41.7 Å². The van der Waals surface area contributed by atoms with Gasteiger partial charge in [-0.2, -0.15) is 0 Å². The van der Waals surface area contributed by atoms with E-state index in [0.717, 1.165) is 23.6 Å². The molecule has 1 saturated heterocycles. The lowest BCUT2D eigenvalue weighted by molar-refractivity contribution is -0.131. The molecule has 1 aliphatic rings. The van der Waals surface area contributed by atoms with Gasteiger partial charge in [0.25, 0.3) is 5.91 Å². The zero-order valence-corrected chi connectivity index (χ0v) is 14.3. The van der Waals surface area contributed by atoms with Gasteiger partial charge in [0, 0.05) is 37.0 Å². The van der Waals surface area contributed by atoms with Crippen molar-refractivity contribution in [3.63, 3.8) is 0 Å². The van der Waals surface area contributed by atoms with Gasteiger partial charge in [0.2, 0.25) is 5.91 Å². The maximum atomic E-state index is 12.6. The van der Waals surface area contributed by atoms with Gasteiger partial charge in [0.1, 0.15) is 0 Å². The minimum absolute atomic E-state index is 0.0441. The molecule has 3 rings (SSSR count). The van der Waals surface area contributed by atoms with E-state index < -0.39 is 0 Å². The highest BCUT2D eigenvalue weighted by Gasteiger charge is 2.24. The summed E-state index contributed by atoms with van der Waals surface area (Å²) in [5.74, 6) is 0.414. The molecule has 1 N–H and O–H groups in total. The summed E-state index contributed by atoms with van der Waals surface area (Å²) in [4.78, 5) is 26.3. The van der Waals surface area contributed by atoms with E-state index >= 15 is 0 Å². The summed E-state index contributed by atoms with van der Waals surface area (Å²) >= 11 is 5.62. The predicted molar refractivity (Wildman–Crippen MR) is 96.4 cm³/mol. The highest BCUT2D eigenvalue weighted by Crippen LogP contribution is 2.19. The predicted octanol–water partition coefficient (Wildman–Crippen LogP) is 3.19. The van der Waals surface area contributed by atoms with E-state index in [1.807, 2.05) is 47.4 Å². The highest BCUT2D eigenvalue weighted by atomic mass is 35.5. The number of piperidine rings is 1. The fourth-order valence-corrected chi connectivity index (χ4v) is 3.36. The summed E-state index contributed by atoms with van der Waals surface area (Å²) in [5.41, 5.74) is 0.703. The third-order valence-electron chi connectivity index (χ3n) is 4.53. The van der Waals surface area contributed by atoms with Gasteiger partial charge in [-0.25, -0.2) is 0 Å². The molecular formula is C19H21ClN2O2. The van der Waals surface area contributed by atoms with Crippen LogP contribution in [0.5, 0.6) is 0 Å². The van der Waals surface area contributed by atoms with Crippen LogP contribution >= 0.6 is 11.6 Å². The molecule has 1 heterocycles. The van der Waals surface area contributed by atoms with Crippen molar-refractivity contribution in [1.29, 1.82) is 0 Å². The second kappa shape index (κ2) is 7.67. The van der Waals surface area contributed by atoms with Crippen LogP contribution in [0.4, 0.5) is 0 Å². The molecule has 0 unspecified atom stereocenters. The number of carbonyl (C=O) groups excluding carboxylic acids is 2. The summed E-state index contributed by atoms with van der Waals surface area (Å²) in [6, 6.07) is 13.8. The Morgan fingerprint density at radius 3 is 2.54 bits per heavy atom. The summed E-state index contributed by atoms with van der Waals surface area (Å²) in [5, 5.41) is 5.14. The fourth-order valence-electron chi connectivity index (χ4n) is 3.20. The molecule has 0 aromatic heterocycles. The summed E-state index contributed by atoms with van der Waals surface area (Å²) in [6.07, 6.45) is 1.95. The van der Waals surface area contributed by atoms with Crippen LogP contribution in [0, 0.1) is 0 Å². The largest absolute Gasteiger partial charge is 0.349 e. The molecule has 24 heavy (non-hydrogen) atoms. The number of alkyl halides is 1. The molecule has 0 radical (unpaired) electrons. The van der Waals surface area contributed by atoms with Crippen molar-refractivity contribution in [2.75, 3.05) is 19.0 Å². The molecular weight excluding hydrogens is 324 g/mol. The minimum atomic E-state index is -0.0441. The van der Waals surface area contributed by atoms with Gasteiger partial charge in [-0.05, 0) is 29.7 Å². The average Bonchev–Trinajstić information content (AvgIpc) is 2.62.